The number of ether oxygens (including phenoxy) is 1. The fourth-order valence-corrected chi connectivity index (χ4v) is 3.30. The average molecular weight is 390 g/mol. The normalized spacial score (nSPS) is 23.4. The number of morpholine rings is 1. The van der Waals surface area contributed by atoms with Gasteiger partial charge in [-0.25, -0.2) is 0 Å². The molecule has 0 bridgehead atoms. The van der Waals surface area contributed by atoms with Crippen LogP contribution in [-0.2, 0) is 16.0 Å². The Morgan fingerprint density at radius 3 is 2.56 bits per heavy atom. The first-order valence-corrected chi connectivity index (χ1v) is 8.69. The minimum Gasteiger partial charge on any atom is -0.375 e. The van der Waals surface area contributed by atoms with Crippen molar-refractivity contribution >= 4 is 36.4 Å². The Labute approximate surface area is 162 Å². The predicted octanol–water partition coefficient (Wildman–Crippen LogP) is 2.48. The van der Waals surface area contributed by atoms with Crippen LogP contribution in [0.3, 0.4) is 0 Å². The van der Waals surface area contributed by atoms with E-state index in [-0.39, 0.29) is 42.9 Å². The Balaban J connectivity index is 0.00000156. The van der Waals surface area contributed by atoms with Crippen molar-refractivity contribution in [3.05, 3.63) is 29.8 Å². The zero-order valence-corrected chi connectivity index (χ0v) is 16.3. The number of hydrogen-bond acceptors (Lipinski definition) is 4. The van der Waals surface area contributed by atoms with Gasteiger partial charge >= 0.3 is 0 Å². The van der Waals surface area contributed by atoms with Gasteiger partial charge in [0, 0.05) is 18.8 Å². The number of likely N-dealkylation sites (tertiary alicyclic amines) is 1. The summed E-state index contributed by atoms with van der Waals surface area (Å²) >= 11 is 0. The average Bonchev–Trinajstić information content (AvgIpc) is 3.08. The molecule has 7 heteroatoms. The summed E-state index contributed by atoms with van der Waals surface area (Å²) in [5.41, 5.74) is 2.17. The second-order valence-electron chi connectivity index (χ2n) is 6.49. The van der Waals surface area contributed by atoms with E-state index in [1.54, 1.807) is 0 Å². The summed E-state index contributed by atoms with van der Waals surface area (Å²) in [7, 11) is 0. The van der Waals surface area contributed by atoms with Crippen LogP contribution >= 0.6 is 24.8 Å². The summed E-state index contributed by atoms with van der Waals surface area (Å²) in [5, 5.41) is 6.18. The molecule has 25 heavy (non-hydrogen) atoms. The van der Waals surface area contributed by atoms with Gasteiger partial charge in [-0.2, -0.15) is 0 Å². The highest BCUT2D eigenvalue weighted by atomic mass is 35.5. The topological polar surface area (TPSA) is 53.6 Å². The molecule has 0 saturated carbocycles. The van der Waals surface area contributed by atoms with Crippen molar-refractivity contribution in [2.24, 2.45) is 0 Å². The Bertz CT molecular complexity index is 522. The molecule has 142 valence electrons. The summed E-state index contributed by atoms with van der Waals surface area (Å²) in [4.78, 5) is 14.8. The minimum atomic E-state index is -0.279. The smallest absolute Gasteiger partial charge is 0.244 e. The summed E-state index contributed by atoms with van der Waals surface area (Å²) in [5.74, 6) is -0.0259. The molecule has 0 aromatic heterocycles. The molecular formula is C18H29Cl2N3O2. The van der Waals surface area contributed by atoms with Gasteiger partial charge < -0.3 is 20.3 Å². The van der Waals surface area contributed by atoms with Crippen molar-refractivity contribution < 1.29 is 9.53 Å². The lowest BCUT2D eigenvalue weighted by molar-refractivity contribution is -0.123. The Morgan fingerprint density at radius 2 is 1.92 bits per heavy atom. The highest BCUT2D eigenvalue weighted by Gasteiger charge is 2.28. The molecule has 0 unspecified atom stereocenters. The van der Waals surface area contributed by atoms with Crippen LogP contribution < -0.4 is 10.6 Å². The van der Waals surface area contributed by atoms with E-state index >= 15 is 0 Å². The first kappa shape index (κ1) is 22.2. The maximum absolute atomic E-state index is 12.3. The molecule has 2 heterocycles. The minimum absolute atomic E-state index is 0. The van der Waals surface area contributed by atoms with Gasteiger partial charge in [0.25, 0.3) is 0 Å². The molecule has 0 spiro atoms. The number of carbonyl (C=O) groups excluding carboxylic acids is 1. The van der Waals surface area contributed by atoms with Gasteiger partial charge in [-0.05, 0) is 57.0 Å². The molecule has 0 aliphatic carbocycles. The number of anilines is 1. The third-order valence-corrected chi connectivity index (χ3v) is 4.74. The standard InChI is InChI=1S/C18H27N3O2.2ClH/c1-14-17(19-9-13-23-14)18(22)20-16-6-4-15(5-7-16)8-12-21-10-2-3-11-21;;/h4-7,14,17,19H,2-3,8-13H2,1H3,(H,20,22);2*1H/t14-,17+;;/m1../s1. The van der Waals surface area contributed by atoms with Crippen LogP contribution in [0.5, 0.6) is 0 Å². The Kier molecular flexibility index (Phi) is 9.75. The van der Waals surface area contributed by atoms with Crippen LogP contribution in [0.1, 0.15) is 25.3 Å². The number of rotatable bonds is 5. The lowest BCUT2D eigenvalue weighted by Gasteiger charge is -2.29. The third-order valence-electron chi connectivity index (χ3n) is 4.74. The maximum atomic E-state index is 12.3. The van der Waals surface area contributed by atoms with Gasteiger partial charge in [0.15, 0.2) is 0 Å². The number of carbonyl (C=O) groups is 1. The number of benzene rings is 1. The zero-order valence-electron chi connectivity index (χ0n) is 14.7. The van der Waals surface area contributed by atoms with E-state index in [1.165, 1.54) is 31.5 Å². The molecule has 2 aliphatic heterocycles. The van der Waals surface area contributed by atoms with E-state index in [0.29, 0.717) is 6.61 Å². The van der Waals surface area contributed by atoms with E-state index in [2.05, 4.69) is 27.7 Å². The summed E-state index contributed by atoms with van der Waals surface area (Å²) in [6.45, 7) is 6.92. The van der Waals surface area contributed by atoms with Crippen LogP contribution in [0.2, 0.25) is 0 Å². The number of hydrogen-bond donors (Lipinski definition) is 2. The van der Waals surface area contributed by atoms with Gasteiger partial charge in [0.1, 0.15) is 6.04 Å². The fraction of sp³-hybridized carbons (Fsp3) is 0.611. The van der Waals surface area contributed by atoms with Crippen molar-refractivity contribution in [3.8, 4) is 0 Å². The highest BCUT2D eigenvalue weighted by Crippen LogP contribution is 2.14. The van der Waals surface area contributed by atoms with Crippen LogP contribution in [0.15, 0.2) is 24.3 Å². The molecule has 2 aliphatic rings. The van der Waals surface area contributed by atoms with Crippen molar-refractivity contribution in [1.29, 1.82) is 0 Å². The zero-order chi connectivity index (χ0) is 16.1. The van der Waals surface area contributed by atoms with Crippen LogP contribution in [-0.4, -0.2) is 55.7 Å². The lowest BCUT2D eigenvalue weighted by atomic mass is 10.1. The third kappa shape index (κ3) is 6.42. The maximum Gasteiger partial charge on any atom is 0.244 e. The van der Waals surface area contributed by atoms with Gasteiger partial charge in [-0.3, -0.25) is 4.79 Å². The molecular weight excluding hydrogens is 361 g/mol. The molecule has 1 aromatic carbocycles. The molecule has 2 atom stereocenters. The molecule has 2 saturated heterocycles. The van der Waals surface area contributed by atoms with Gasteiger partial charge in [0.2, 0.25) is 5.91 Å². The van der Waals surface area contributed by atoms with Gasteiger partial charge in [0.05, 0.1) is 12.7 Å². The van der Waals surface area contributed by atoms with Crippen LogP contribution in [0, 0.1) is 0 Å². The number of nitrogens with zero attached hydrogens (tertiary/aromatic N) is 1. The summed E-state index contributed by atoms with van der Waals surface area (Å²) < 4.78 is 5.52. The summed E-state index contributed by atoms with van der Waals surface area (Å²) in [6.07, 6.45) is 3.65. The quantitative estimate of drug-likeness (QED) is 0.811. The fourth-order valence-electron chi connectivity index (χ4n) is 3.30. The van der Waals surface area contributed by atoms with Crippen molar-refractivity contribution in [1.82, 2.24) is 10.2 Å². The molecule has 1 aromatic rings. The number of amides is 1. The predicted molar refractivity (Wildman–Crippen MR) is 106 cm³/mol. The van der Waals surface area contributed by atoms with Crippen molar-refractivity contribution in [3.63, 3.8) is 0 Å². The lowest BCUT2D eigenvalue weighted by Crippen LogP contribution is -2.53. The molecule has 0 radical (unpaired) electrons. The first-order valence-electron chi connectivity index (χ1n) is 8.69. The SMILES string of the molecule is C[C@H]1OCCN[C@@H]1C(=O)Nc1ccc(CCN2CCCC2)cc1.Cl.Cl. The van der Waals surface area contributed by atoms with Crippen molar-refractivity contribution in [2.45, 2.75) is 38.3 Å². The molecule has 2 N–H and O–H groups in total. The highest BCUT2D eigenvalue weighted by molar-refractivity contribution is 5.95. The summed E-state index contributed by atoms with van der Waals surface area (Å²) in [6, 6.07) is 7.93. The second kappa shape index (κ2) is 11.0. The number of nitrogens with one attached hydrogen (secondary N) is 2. The number of halogens is 2. The Morgan fingerprint density at radius 1 is 1.24 bits per heavy atom. The van der Waals surface area contributed by atoms with Gasteiger partial charge in [-0.15, -0.1) is 24.8 Å². The largest absolute Gasteiger partial charge is 0.375 e. The van der Waals surface area contributed by atoms with Crippen LogP contribution in [0.4, 0.5) is 5.69 Å². The van der Waals surface area contributed by atoms with E-state index in [9.17, 15) is 4.79 Å². The molecule has 2 fully saturated rings. The van der Waals surface area contributed by atoms with E-state index in [0.717, 1.165) is 25.2 Å². The molecule has 5 nitrogen and oxygen atoms in total. The molecule has 1 amide bonds. The van der Waals surface area contributed by atoms with Gasteiger partial charge in [-0.1, -0.05) is 12.1 Å². The molecule has 3 rings (SSSR count). The van der Waals surface area contributed by atoms with Crippen molar-refractivity contribution in [2.75, 3.05) is 38.1 Å². The Hall–Kier alpha value is -0.850. The second-order valence-corrected chi connectivity index (χ2v) is 6.49. The van der Waals surface area contributed by atoms with E-state index < -0.39 is 0 Å². The van der Waals surface area contributed by atoms with E-state index in [4.69, 9.17) is 4.74 Å². The van der Waals surface area contributed by atoms with Crippen LogP contribution in [0.25, 0.3) is 0 Å². The van der Waals surface area contributed by atoms with E-state index in [1.807, 2.05) is 19.1 Å². The first-order chi connectivity index (χ1) is 11.2. The monoisotopic (exact) mass is 389 g/mol.